The normalized spacial score (nSPS) is 9.13. The standard InChI is InChI=1S/C11H14O3.Na/c1-2-3-8-14-11(13)9-6-4-5-7-10(9)12;/h4-7,12H,2-3,8H2,1H3;/q;+1. The number of esters is 1. The quantitative estimate of drug-likeness (QED) is 0.414. The molecule has 0 saturated carbocycles. The molecule has 0 radical (unpaired) electrons. The predicted octanol–water partition coefficient (Wildman–Crippen LogP) is -0.647. The van der Waals surface area contributed by atoms with E-state index in [1.54, 1.807) is 18.2 Å². The first-order valence-electron chi connectivity index (χ1n) is 4.70. The molecule has 1 N–H and O–H groups in total. The number of phenolic OH excluding ortho intramolecular Hbond substituents is 1. The summed E-state index contributed by atoms with van der Waals surface area (Å²) in [7, 11) is 0. The second-order valence-electron chi connectivity index (χ2n) is 3.01. The molecular formula is C11H14NaO3+. The molecule has 1 aromatic rings. The summed E-state index contributed by atoms with van der Waals surface area (Å²) >= 11 is 0. The van der Waals surface area contributed by atoms with Crippen LogP contribution in [0.25, 0.3) is 0 Å². The average molecular weight is 217 g/mol. The number of benzene rings is 1. The van der Waals surface area contributed by atoms with Crippen molar-refractivity contribution >= 4 is 5.97 Å². The summed E-state index contributed by atoms with van der Waals surface area (Å²) in [6, 6.07) is 6.37. The number of aromatic hydroxyl groups is 1. The number of hydrogen-bond acceptors (Lipinski definition) is 3. The fourth-order valence-electron chi connectivity index (χ4n) is 1.03. The van der Waals surface area contributed by atoms with Gasteiger partial charge >= 0.3 is 35.5 Å². The first-order valence-corrected chi connectivity index (χ1v) is 4.70. The maximum Gasteiger partial charge on any atom is 1.00 e. The predicted molar refractivity (Wildman–Crippen MR) is 53.3 cm³/mol. The molecule has 76 valence electrons. The maximum absolute atomic E-state index is 11.4. The number of rotatable bonds is 4. The van der Waals surface area contributed by atoms with E-state index in [0.717, 1.165) is 12.8 Å². The summed E-state index contributed by atoms with van der Waals surface area (Å²) in [5.41, 5.74) is 0.226. The molecule has 0 aliphatic carbocycles. The zero-order chi connectivity index (χ0) is 10.4. The molecule has 0 unspecified atom stereocenters. The molecule has 0 spiro atoms. The Balaban J connectivity index is 0.00000196. The Hall–Kier alpha value is -0.510. The van der Waals surface area contributed by atoms with Crippen molar-refractivity contribution in [1.29, 1.82) is 0 Å². The van der Waals surface area contributed by atoms with Crippen molar-refractivity contribution in [1.82, 2.24) is 0 Å². The third-order valence-corrected chi connectivity index (χ3v) is 1.86. The Kier molecular flexibility index (Phi) is 7.48. The van der Waals surface area contributed by atoms with Gasteiger partial charge in [0.2, 0.25) is 0 Å². The Morgan fingerprint density at radius 1 is 1.40 bits per heavy atom. The van der Waals surface area contributed by atoms with Gasteiger partial charge in [-0.25, -0.2) is 4.79 Å². The van der Waals surface area contributed by atoms with Gasteiger partial charge in [0.15, 0.2) is 0 Å². The average Bonchev–Trinajstić information content (AvgIpc) is 2.18. The van der Waals surface area contributed by atoms with Gasteiger partial charge in [-0.05, 0) is 18.6 Å². The molecule has 0 saturated heterocycles. The van der Waals surface area contributed by atoms with Crippen LogP contribution < -0.4 is 29.6 Å². The number of phenols is 1. The summed E-state index contributed by atoms with van der Waals surface area (Å²) in [5.74, 6) is -0.495. The van der Waals surface area contributed by atoms with Gasteiger partial charge in [-0.1, -0.05) is 25.5 Å². The second kappa shape index (κ2) is 7.74. The smallest absolute Gasteiger partial charge is 0.507 e. The first kappa shape index (κ1) is 14.5. The van der Waals surface area contributed by atoms with Crippen molar-refractivity contribution in [3.63, 3.8) is 0 Å². The van der Waals surface area contributed by atoms with Gasteiger partial charge in [0, 0.05) is 0 Å². The second-order valence-corrected chi connectivity index (χ2v) is 3.01. The monoisotopic (exact) mass is 217 g/mol. The number of unbranched alkanes of at least 4 members (excludes halogenated alkanes) is 1. The zero-order valence-corrected chi connectivity index (χ0v) is 11.2. The zero-order valence-electron chi connectivity index (χ0n) is 9.19. The van der Waals surface area contributed by atoms with Crippen LogP contribution in [0.2, 0.25) is 0 Å². The maximum atomic E-state index is 11.4. The number of carbonyl (C=O) groups excluding carboxylic acids is 1. The van der Waals surface area contributed by atoms with Crippen molar-refractivity contribution in [2.24, 2.45) is 0 Å². The van der Waals surface area contributed by atoms with Crippen LogP contribution in [0, 0.1) is 0 Å². The van der Waals surface area contributed by atoms with E-state index in [-0.39, 0.29) is 40.9 Å². The van der Waals surface area contributed by atoms with Crippen molar-refractivity contribution in [2.75, 3.05) is 6.61 Å². The largest absolute Gasteiger partial charge is 1.00 e. The van der Waals surface area contributed by atoms with Gasteiger partial charge < -0.3 is 9.84 Å². The SMILES string of the molecule is CCCCOC(=O)c1ccccc1O.[Na+]. The van der Waals surface area contributed by atoms with Crippen molar-refractivity contribution in [3.8, 4) is 5.75 Å². The van der Waals surface area contributed by atoms with E-state index in [0.29, 0.717) is 6.61 Å². The molecule has 0 heterocycles. The van der Waals surface area contributed by atoms with Crippen LogP contribution in [-0.2, 0) is 4.74 Å². The van der Waals surface area contributed by atoms with E-state index in [9.17, 15) is 9.90 Å². The number of ether oxygens (including phenoxy) is 1. The van der Waals surface area contributed by atoms with Crippen molar-refractivity contribution in [2.45, 2.75) is 19.8 Å². The van der Waals surface area contributed by atoms with Crippen LogP contribution in [0.5, 0.6) is 5.75 Å². The minimum absolute atomic E-state index is 0. The van der Waals surface area contributed by atoms with Crippen molar-refractivity contribution < 1.29 is 44.2 Å². The van der Waals surface area contributed by atoms with E-state index < -0.39 is 5.97 Å². The van der Waals surface area contributed by atoms with Crippen LogP contribution in [0.4, 0.5) is 0 Å². The Morgan fingerprint density at radius 3 is 2.67 bits per heavy atom. The molecule has 0 aromatic heterocycles. The molecule has 4 heteroatoms. The molecule has 0 amide bonds. The third kappa shape index (κ3) is 4.69. The van der Waals surface area contributed by atoms with Gasteiger partial charge in [0.1, 0.15) is 11.3 Å². The summed E-state index contributed by atoms with van der Waals surface area (Å²) in [6.45, 7) is 2.43. The Morgan fingerprint density at radius 2 is 2.07 bits per heavy atom. The summed E-state index contributed by atoms with van der Waals surface area (Å²) in [4.78, 5) is 11.4. The van der Waals surface area contributed by atoms with E-state index in [1.165, 1.54) is 6.07 Å². The Bertz CT molecular complexity index is 312. The van der Waals surface area contributed by atoms with Crippen LogP contribution in [0.3, 0.4) is 0 Å². The van der Waals surface area contributed by atoms with E-state index >= 15 is 0 Å². The van der Waals surface area contributed by atoms with E-state index in [1.807, 2.05) is 6.92 Å². The van der Waals surface area contributed by atoms with E-state index in [4.69, 9.17) is 4.74 Å². The van der Waals surface area contributed by atoms with Crippen LogP contribution in [-0.4, -0.2) is 17.7 Å². The van der Waals surface area contributed by atoms with Crippen molar-refractivity contribution in [3.05, 3.63) is 29.8 Å². The summed E-state index contributed by atoms with van der Waals surface area (Å²) < 4.78 is 4.95. The van der Waals surface area contributed by atoms with Crippen LogP contribution >= 0.6 is 0 Å². The third-order valence-electron chi connectivity index (χ3n) is 1.86. The fourth-order valence-corrected chi connectivity index (χ4v) is 1.03. The molecule has 0 atom stereocenters. The molecule has 0 fully saturated rings. The minimum atomic E-state index is -0.462. The van der Waals surface area contributed by atoms with Gasteiger partial charge in [-0.15, -0.1) is 0 Å². The number of carbonyl (C=O) groups is 1. The molecule has 0 aliphatic rings. The van der Waals surface area contributed by atoms with Crippen LogP contribution in [0.15, 0.2) is 24.3 Å². The molecule has 1 aromatic carbocycles. The first-order chi connectivity index (χ1) is 6.75. The fraction of sp³-hybridized carbons (Fsp3) is 0.364. The molecule has 0 aliphatic heterocycles. The number of hydrogen-bond donors (Lipinski definition) is 1. The van der Waals surface area contributed by atoms with Gasteiger partial charge in [-0.3, -0.25) is 0 Å². The molecular weight excluding hydrogens is 203 g/mol. The molecule has 1 rings (SSSR count). The summed E-state index contributed by atoms with van der Waals surface area (Å²) in [5, 5.41) is 9.34. The number of para-hydroxylation sites is 1. The topological polar surface area (TPSA) is 46.5 Å². The summed E-state index contributed by atoms with van der Waals surface area (Å²) in [6.07, 6.45) is 1.83. The molecule has 15 heavy (non-hydrogen) atoms. The van der Waals surface area contributed by atoms with Gasteiger partial charge in [0.05, 0.1) is 6.61 Å². The van der Waals surface area contributed by atoms with Gasteiger partial charge in [-0.2, -0.15) is 0 Å². The van der Waals surface area contributed by atoms with E-state index in [2.05, 4.69) is 0 Å². The molecule has 0 bridgehead atoms. The minimum Gasteiger partial charge on any atom is -0.507 e. The molecule has 3 nitrogen and oxygen atoms in total. The van der Waals surface area contributed by atoms with Gasteiger partial charge in [0.25, 0.3) is 0 Å². The van der Waals surface area contributed by atoms with Crippen LogP contribution in [0.1, 0.15) is 30.1 Å². The Labute approximate surface area is 112 Å².